The van der Waals surface area contributed by atoms with Crippen LogP contribution in [0.2, 0.25) is 10.0 Å². The number of aliphatic imine (C=N–C) groups is 1. The van der Waals surface area contributed by atoms with Crippen molar-refractivity contribution >= 4 is 52.0 Å². The predicted octanol–water partition coefficient (Wildman–Crippen LogP) is 3.35. The molecule has 0 saturated heterocycles. The Morgan fingerprint density at radius 3 is 2.31 bits per heavy atom. The Kier molecular flexibility index (Phi) is 7.52. The molecule has 0 radical (unpaired) electrons. The maximum atomic E-state index is 12.3. The van der Waals surface area contributed by atoms with Crippen molar-refractivity contribution in [2.24, 2.45) is 15.9 Å². The van der Waals surface area contributed by atoms with Gasteiger partial charge in [0, 0.05) is 24.1 Å². The van der Waals surface area contributed by atoms with Gasteiger partial charge in [0.05, 0.1) is 32.8 Å². The third-order valence-electron chi connectivity index (χ3n) is 3.72. The van der Waals surface area contributed by atoms with Crippen molar-refractivity contribution < 1.29 is 14.6 Å². The van der Waals surface area contributed by atoms with E-state index in [1.165, 1.54) is 31.4 Å². The largest absolute Gasteiger partial charge is 0.399 e. The lowest BCUT2D eigenvalue weighted by atomic mass is 10.1. The number of oxime groups is 1. The van der Waals surface area contributed by atoms with Crippen LogP contribution in [0.5, 0.6) is 0 Å². The topological polar surface area (TPSA) is 146 Å². The van der Waals surface area contributed by atoms with Crippen molar-refractivity contribution in [1.29, 1.82) is 0 Å². The number of nitro groups is 1. The highest BCUT2D eigenvalue weighted by Gasteiger charge is 2.14. The lowest BCUT2D eigenvalue weighted by Gasteiger charge is -2.07. The van der Waals surface area contributed by atoms with Crippen LogP contribution in [0.1, 0.15) is 17.5 Å². The number of halogens is 2. The van der Waals surface area contributed by atoms with Crippen LogP contribution in [0.15, 0.2) is 46.5 Å². The quantitative estimate of drug-likeness (QED) is 0.223. The van der Waals surface area contributed by atoms with Crippen molar-refractivity contribution in [3.05, 3.63) is 67.7 Å². The molecule has 0 aromatic heterocycles. The van der Waals surface area contributed by atoms with Crippen molar-refractivity contribution in [3.8, 4) is 0 Å². The Bertz CT molecular complexity index is 967. The first kappa shape index (κ1) is 22.1. The van der Waals surface area contributed by atoms with E-state index in [1.807, 2.05) is 0 Å². The van der Waals surface area contributed by atoms with E-state index in [2.05, 4.69) is 10.1 Å². The van der Waals surface area contributed by atoms with E-state index in [4.69, 9.17) is 39.5 Å². The number of amides is 1. The van der Waals surface area contributed by atoms with Gasteiger partial charge in [-0.15, -0.1) is 0 Å². The molecule has 0 aliphatic heterocycles. The summed E-state index contributed by atoms with van der Waals surface area (Å²) in [5, 5.41) is 15.1. The SMILES string of the molecule is CO/N=C(\CC(=O)N=C(N)Cc1cc(Cl)c(N)c(Cl)c1)c1ccc([N+](=O)[O-])cc1. The zero-order chi connectivity index (χ0) is 21.6. The molecule has 2 rings (SSSR count). The molecular formula is C18H17Cl2N5O4. The van der Waals surface area contributed by atoms with Gasteiger partial charge in [-0.3, -0.25) is 14.9 Å². The fourth-order valence-electron chi connectivity index (χ4n) is 2.40. The third kappa shape index (κ3) is 6.16. The van der Waals surface area contributed by atoms with E-state index in [1.54, 1.807) is 12.1 Å². The zero-order valence-electron chi connectivity index (χ0n) is 15.3. The lowest BCUT2D eigenvalue weighted by molar-refractivity contribution is -0.384. The van der Waals surface area contributed by atoms with Gasteiger partial charge < -0.3 is 16.3 Å². The second-order valence-corrected chi connectivity index (χ2v) is 6.66. The van der Waals surface area contributed by atoms with Crippen LogP contribution in [-0.4, -0.2) is 29.5 Å². The van der Waals surface area contributed by atoms with Gasteiger partial charge in [0.2, 0.25) is 0 Å². The first-order valence-electron chi connectivity index (χ1n) is 8.15. The zero-order valence-corrected chi connectivity index (χ0v) is 16.8. The standard InChI is InChI=1S/C18H17Cl2N5O4/c1-29-24-15(11-2-4-12(5-3-11)25(27)28)9-17(26)23-16(21)8-10-6-13(19)18(22)14(20)7-10/h2-7H,8-9,22H2,1H3,(H2,21,23,26)/b24-15+. The number of carbonyl (C=O) groups excluding carboxylic acids is 1. The Balaban J connectivity index is 2.13. The molecule has 0 saturated carbocycles. The second kappa shape index (κ2) is 9.85. The molecule has 0 bridgehead atoms. The maximum absolute atomic E-state index is 12.3. The highest BCUT2D eigenvalue weighted by molar-refractivity contribution is 6.39. The summed E-state index contributed by atoms with van der Waals surface area (Å²) in [5.41, 5.74) is 13.1. The van der Waals surface area contributed by atoms with Crippen molar-refractivity contribution in [2.75, 3.05) is 12.8 Å². The van der Waals surface area contributed by atoms with E-state index < -0.39 is 10.8 Å². The molecule has 11 heteroatoms. The minimum atomic E-state index is -0.565. The van der Waals surface area contributed by atoms with Gasteiger partial charge in [0.1, 0.15) is 12.9 Å². The average molecular weight is 438 g/mol. The van der Waals surface area contributed by atoms with Crippen LogP contribution < -0.4 is 11.5 Å². The maximum Gasteiger partial charge on any atom is 0.269 e. The van der Waals surface area contributed by atoms with Crippen molar-refractivity contribution in [1.82, 2.24) is 0 Å². The Morgan fingerprint density at radius 2 is 1.79 bits per heavy atom. The summed E-state index contributed by atoms with van der Waals surface area (Å²) in [6, 6.07) is 8.71. The fourth-order valence-corrected chi connectivity index (χ4v) is 2.94. The number of non-ortho nitro benzene ring substituents is 1. The van der Waals surface area contributed by atoms with Crippen LogP contribution in [0, 0.1) is 10.1 Å². The number of nitrogens with zero attached hydrogens (tertiary/aromatic N) is 3. The number of hydrogen-bond acceptors (Lipinski definition) is 6. The van der Waals surface area contributed by atoms with Crippen molar-refractivity contribution in [2.45, 2.75) is 12.8 Å². The van der Waals surface area contributed by atoms with Gasteiger partial charge in [-0.1, -0.05) is 28.4 Å². The minimum Gasteiger partial charge on any atom is -0.399 e. The Morgan fingerprint density at radius 1 is 1.21 bits per heavy atom. The number of anilines is 1. The van der Waals surface area contributed by atoms with Gasteiger partial charge >= 0.3 is 0 Å². The number of nitrogen functional groups attached to an aromatic ring is 1. The second-order valence-electron chi connectivity index (χ2n) is 5.85. The van der Waals surface area contributed by atoms with E-state index >= 15 is 0 Å². The molecule has 0 atom stereocenters. The molecule has 0 aliphatic carbocycles. The first-order valence-corrected chi connectivity index (χ1v) is 8.91. The van der Waals surface area contributed by atoms with Gasteiger partial charge in [0.25, 0.3) is 11.6 Å². The summed E-state index contributed by atoms with van der Waals surface area (Å²) in [4.78, 5) is 31.1. The van der Waals surface area contributed by atoms with Crippen LogP contribution in [-0.2, 0) is 16.1 Å². The molecule has 0 unspecified atom stereocenters. The average Bonchev–Trinajstić information content (AvgIpc) is 2.65. The normalized spacial score (nSPS) is 12.0. The van der Waals surface area contributed by atoms with Crippen LogP contribution in [0.4, 0.5) is 11.4 Å². The Labute approximate surface area is 176 Å². The summed E-state index contributed by atoms with van der Waals surface area (Å²) in [5.74, 6) is -0.517. The Hall–Kier alpha value is -3.17. The number of rotatable bonds is 7. The molecule has 29 heavy (non-hydrogen) atoms. The molecular weight excluding hydrogens is 421 g/mol. The summed E-state index contributed by atoms with van der Waals surface area (Å²) >= 11 is 12.0. The first-order chi connectivity index (χ1) is 13.7. The highest BCUT2D eigenvalue weighted by Crippen LogP contribution is 2.29. The van der Waals surface area contributed by atoms with Crippen LogP contribution >= 0.6 is 23.2 Å². The number of benzene rings is 2. The van der Waals surface area contributed by atoms with Crippen LogP contribution in [0.3, 0.4) is 0 Å². The van der Waals surface area contributed by atoms with Gasteiger partial charge in [-0.25, -0.2) is 4.99 Å². The summed E-state index contributed by atoms with van der Waals surface area (Å²) < 4.78 is 0. The molecule has 152 valence electrons. The summed E-state index contributed by atoms with van der Waals surface area (Å²) in [7, 11) is 1.32. The van der Waals surface area contributed by atoms with Gasteiger partial charge in [0.15, 0.2) is 0 Å². The van der Waals surface area contributed by atoms with Crippen molar-refractivity contribution in [3.63, 3.8) is 0 Å². The van der Waals surface area contributed by atoms with E-state index in [0.717, 1.165) is 0 Å². The van der Waals surface area contributed by atoms with E-state index in [-0.39, 0.29) is 45.8 Å². The molecule has 2 aromatic rings. The summed E-state index contributed by atoms with van der Waals surface area (Å²) in [6.45, 7) is 0. The number of amidine groups is 1. The number of nitro benzene ring substituents is 1. The number of hydrogen-bond donors (Lipinski definition) is 2. The number of carbonyl (C=O) groups is 1. The molecule has 9 nitrogen and oxygen atoms in total. The molecule has 1 amide bonds. The molecule has 2 aromatic carbocycles. The smallest absolute Gasteiger partial charge is 0.269 e. The van der Waals surface area contributed by atoms with Gasteiger partial charge in [-0.05, 0) is 29.8 Å². The lowest BCUT2D eigenvalue weighted by Crippen LogP contribution is -2.19. The highest BCUT2D eigenvalue weighted by atomic mass is 35.5. The number of nitrogens with two attached hydrogens (primary N) is 2. The third-order valence-corrected chi connectivity index (χ3v) is 4.35. The molecule has 0 fully saturated rings. The predicted molar refractivity (Wildman–Crippen MR) is 112 cm³/mol. The molecule has 4 N–H and O–H groups in total. The molecule has 0 heterocycles. The van der Waals surface area contributed by atoms with Crippen LogP contribution in [0.25, 0.3) is 0 Å². The molecule has 0 aliphatic rings. The van der Waals surface area contributed by atoms with Gasteiger partial charge in [-0.2, -0.15) is 0 Å². The summed E-state index contributed by atoms with van der Waals surface area (Å²) in [6.07, 6.45) is -0.0741. The molecule has 0 spiro atoms. The van der Waals surface area contributed by atoms with E-state index in [9.17, 15) is 14.9 Å². The van der Waals surface area contributed by atoms with E-state index in [0.29, 0.717) is 11.1 Å². The minimum absolute atomic E-state index is 0.0485. The monoisotopic (exact) mass is 437 g/mol. The fraction of sp³-hybridized carbons (Fsp3) is 0.167.